The fraction of sp³-hybridized carbons (Fsp3) is 0.100. The lowest BCUT2D eigenvalue weighted by atomic mass is 10.1. The van der Waals surface area contributed by atoms with E-state index in [0.717, 1.165) is 5.56 Å². The van der Waals surface area contributed by atoms with Gasteiger partial charge in [-0.25, -0.2) is 4.39 Å². The summed E-state index contributed by atoms with van der Waals surface area (Å²) in [4.78, 5) is 0. The van der Waals surface area contributed by atoms with Gasteiger partial charge in [-0.2, -0.15) is 0 Å². The summed E-state index contributed by atoms with van der Waals surface area (Å²) in [7, 11) is 0. The Kier molecular flexibility index (Phi) is 2.64. The van der Waals surface area contributed by atoms with Gasteiger partial charge in [0.25, 0.3) is 0 Å². The maximum Gasteiger partial charge on any atom is 0.185 e. The van der Waals surface area contributed by atoms with Crippen molar-refractivity contribution in [2.45, 2.75) is 6.92 Å². The maximum absolute atomic E-state index is 13.6. The van der Waals surface area contributed by atoms with Gasteiger partial charge in [0.15, 0.2) is 11.6 Å². The Morgan fingerprint density at radius 3 is 2.73 bits per heavy atom. The largest absolute Gasteiger partial charge is 0.380 e. The van der Waals surface area contributed by atoms with Gasteiger partial charge in [-0.3, -0.25) is 0 Å². The number of aromatic nitrogens is 1. The predicted octanol–water partition coefficient (Wildman–Crippen LogP) is 2.98. The molecule has 0 fully saturated rings. The topological polar surface area (TPSA) is 52.0 Å². The number of rotatable bonds is 1. The van der Waals surface area contributed by atoms with Crippen molar-refractivity contribution in [1.82, 2.24) is 5.16 Å². The van der Waals surface area contributed by atoms with E-state index in [4.69, 9.17) is 10.3 Å². The highest BCUT2D eigenvalue weighted by Crippen LogP contribution is 2.30. The van der Waals surface area contributed by atoms with E-state index in [1.54, 1.807) is 6.07 Å². The average Bonchev–Trinajstić information content (AvgIpc) is 2.49. The van der Waals surface area contributed by atoms with Crippen molar-refractivity contribution in [3.8, 4) is 11.3 Å². The number of benzene rings is 1. The fourth-order valence-electron chi connectivity index (χ4n) is 1.26. The molecule has 0 unspecified atom stereocenters. The van der Waals surface area contributed by atoms with Crippen molar-refractivity contribution in [2.75, 3.05) is 5.73 Å². The normalized spacial score (nSPS) is 10.6. The molecule has 5 heteroatoms. The van der Waals surface area contributed by atoms with E-state index in [1.807, 2.05) is 35.6 Å². The molecule has 1 heterocycles. The lowest BCUT2D eigenvalue weighted by Gasteiger charge is -2.00. The van der Waals surface area contributed by atoms with Gasteiger partial charge >= 0.3 is 0 Å². The van der Waals surface area contributed by atoms with Crippen LogP contribution in [0.4, 0.5) is 10.2 Å². The minimum atomic E-state index is -0.330. The first kappa shape index (κ1) is 10.4. The van der Waals surface area contributed by atoms with E-state index in [2.05, 4.69) is 5.16 Å². The Balaban J connectivity index is 2.59. The Hall–Kier alpha value is -1.11. The number of nitrogen functional groups attached to an aromatic ring is 1. The molecule has 2 rings (SSSR count). The monoisotopic (exact) mass is 318 g/mol. The Labute approximate surface area is 99.6 Å². The fourth-order valence-corrected chi connectivity index (χ4v) is 1.75. The summed E-state index contributed by atoms with van der Waals surface area (Å²) in [6, 6.07) is 4.92. The molecule has 2 aromatic rings. The zero-order valence-electron chi connectivity index (χ0n) is 7.92. The van der Waals surface area contributed by atoms with Crippen LogP contribution in [0.3, 0.4) is 0 Å². The van der Waals surface area contributed by atoms with Crippen LogP contribution in [0.1, 0.15) is 5.56 Å². The molecule has 2 N–H and O–H groups in total. The second-order valence-corrected chi connectivity index (χ2v) is 4.27. The molecule has 3 nitrogen and oxygen atoms in total. The number of hydrogen-bond donors (Lipinski definition) is 1. The minimum absolute atomic E-state index is 0.283. The molecule has 0 bridgehead atoms. The predicted molar refractivity (Wildman–Crippen MR) is 63.8 cm³/mol. The summed E-state index contributed by atoms with van der Waals surface area (Å²) < 4.78 is 19.2. The summed E-state index contributed by atoms with van der Waals surface area (Å²) >= 11 is 1.98. The van der Waals surface area contributed by atoms with Crippen molar-refractivity contribution in [3.05, 3.63) is 33.1 Å². The molecule has 1 aromatic heterocycles. The SMILES string of the molecule is Cc1ccc(-c2onc(N)c2I)c(F)c1. The second-order valence-electron chi connectivity index (χ2n) is 3.19. The molecular formula is C10H8FIN2O. The third-order valence-electron chi connectivity index (χ3n) is 2.03. The number of hydrogen-bond acceptors (Lipinski definition) is 3. The van der Waals surface area contributed by atoms with Crippen LogP contribution >= 0.6 is 22.6 Å². The van der Waals surface area contributed by atoms with Gasteiger partial charge in [0, 0.05) is 0 Å². The summed E-state index contributed by atoms with van der Waals surface area (Å²) in [5, 5.41) is 3.58. The molecular weight excluding hydrogens is 310 g/mol. The Morgan fingerprint density at radius 2 is 2.20 bits per heavy atom. The highest BCUT2D eigenvalue weighted by molar-refractivity contribution is 14.1. The number of nitrogens with zero attached hydrogens (tertiary/aromatic N) is 1. The van der Waals surface area contributed by atoms with Crippen LogP contribution in [0.15, 0.2) is 22.7 Å². The summed E-state index contributed by atoms with van der Waals surface area (Å²) in [5.41, 5.74) is 6.77. The minimum Gasteiger partial charge on any atom is -0.380 e. The van der Waals surface area contributed by atoms with E-state index in [9.17, 15) is 4.39 Å². The molecule has 0 saturated heterocycles. The zero-order valence-corrected chi connectivity index (χ0v) is 10.1. The molecule has 0 saturated carbocycles. The highest BCUT2D eigenvalue weighted by atomic mass is 127. The first-order valence-electron chi connectivity index (χ1n) is 4.26. The Bertz CT molecular complexity index is 510. The maximum atomic E-state index is 13.6. The van der Waals surface area contributed by atoms with Gasteiger partial charge in [0.05, 0.1) is 5.56 Å². The van der Waals surface area contributed by atoms with E-state index in [0.29, 0.717) is 14.9 Å². The van der Waals surface area contributed by atoms with Crippen LogP contribution < -0.4 is 5.73 Å². The van der Waals surface area contributed by atoms with Gasteiger partial charge < -0.3 is 10.3 Å². The molecule has 78 valence electrons. The third kappa shape index (κ3) is 1.83. The summed E-state index contributed by atoms with van der Waals surface area (Å²) in [6.45, 7) is 1.83. The van der Waals surface area contributed by atoms with Gasteiger partial charge in [0.1, 0.15) is 9.39 Å². The highest BCUT2D eigenvalue weighted by Gasteiger charge is 2.16. The molecule has 15 heavy (non-hydrogen) atoms. The first-order chi connectivity index (χ1) is 7.09. The lowest BCUT2D eigenvalue weighted by molar-refractivity contribution is 0.433. The molecule has 0 spiro atoms. The van der Waals surface area contributed by atoms with Gasteiger partial charge in [-0.15, -0.1) is 0 Å². The van der Waals surface area contributed by atoms with Crippen LogP contribution in [0.25, 0.3) is 11.3 Å². The van der Waals surface area contributed by atoms with Crippen LogP contribution in [0.2, 0.25) is 0 Å². The van der Waals surface area contributed by atoms with Crippen molar-refractivity contribution in [3.63, 3.8) is 0 Å². The molecule has 0 aliphatic rings. The standard InChI is InChI=1S/C10H8FIN2O/c1-5-2-3-6(7(11)4-5)9-8(12)10(13)14-15-9/h2-4H,1H3,(H2,13,14). The van der Waals surface area contributed by atoms with Crippen molar-refractivity contribution in [1.29, 1.82) is 0 Å². The van der Waals surface area contributed by atoms with Crippen LogP contribution in [0.5, 0.6) is 0 Å². The third-order valence-corrected chi connectivity index (χ3v) is 3.07. The quantitative estimate of drug-likeness (QED) is 0.823. The van der Waals surface area contributed by atoms with E-state index in [-0.39, 0.29) is 11.6 Å². The Morgan fingerprint density at radius 1 is 1.47 bits per heavy atom. The van der Waals surface area contributed by atoms with Gasteiger partial charge in [0.2, 0.25) is 0 Å². The lowest BCUT2D eigenvalue weighted by Crippen LogP contribution is -1.88. The first-order valence-corrected chi connectivity index (χ1v) is 5.34. The molecule has 0 atom stereocenters. The van der Waals surface area contributed by atoms with Crippen LogP contribution in [0, 0.1) is 16.3 Å². The average molecular weight is 318 g/mol. The molecule has 0 amide bonds. The van der Waals surface area contributed by atoms with Crippen molar-refractivity contribution >= 4 is 28.4 Å². The van der Waals surface area contributed by atoms with Crippen molar-refractivity contribution < 1.29 is 8.91 Å². The van der Waals surface area contributed by atoms with E-state index >= 15 is 0 Å². The van der Waals surface area contributed by atoms with E-state index in [1.165, 1.54) is 6.07 Å². The summed E-state index contributed by atoms with van der Waals surface area (Å²) in [6.07, 6.45) is 0. The van der Waals surface area contributed by atoms with E-state index < -0.39 is 0 Å². The smallest absolute Gasteiger partial charge is 0.185 e. The number of halogens is 2. The number of aryl methyl sites for hydroxylation is 1. The molecule has 0 aliphatic heterocycles. The van der Waals surface area contributed by atoms with Gasteiger partial charge in [-0.05, 0) is 47.2 Å². The van der Waals surface area contributed by atoms with Gasteiger partial charge in [-0.1, -0.05) is 11.2 Å². The second kappa shape index (κ2) is 3.80. The summed E-state index contributed by atoms with van der Waals surface area (Å²) in [5.74, 6) is 0.334. The van der Waals surface area contributed by atoms with Crippen LogP contribution in [-0.2, 0) is 0 Å². The number of anilines is 1. The molecule has 0 aliphatic carbocycles. The number of nitrogens with two attached hydrogens (primary N) is 1. The molecule has 0 radical (unpaired) electrons. The van der Waals surface area contributed by atoms with Crippen LogP contribution in [-0.4, -0.2) is 5.16 Å². The van der Waals surface area contributed by atoms with Crippen molar-refractivity contribution in [2.24, 2.45) is 0 Å². The zero-order chi connectivity index (χ0) is 11.0. The molecule has 1 aromatic carbocycles.